The van der Waals surface area contributed by atoms with E-state index in [1.807, 2.05) is 36.4 Å². The average molecular weight is 429 g/mol. The molecule has 2 aromatic rings. The molecule has 0 aliphatic carbocycles. The van der Waals surface area contributed by atoms with Gasteiger partial charge in [-0.15, -0.1) is 5.10 Å². The van der Waals surface area contributed by atoms with E-state index < -0.39 is 10.8 Å². The molecule has 2 aromatic carbocycles. The number of carbonyl (C=O) groups is 3. The third kappa shape index (κ3) is 3.18. The van der Waals surface area contributed by atoms with Crippen LogP contribution in [0.25, 0.3) is 0 Å². The number of anilines is 1. The molecule has 1 unspecified atom stereocenters. The number of amidine groups is 1. The maximum atomic E-state index is 13.7. The van der Waals surface area contributed by atoms with Gasteiger partial charge in [0.1, 0.15) is 0 Å². The standard InChI is InChI=1S/C20H17ClN4O3S/c1-12(26)22-19-23-25(13(2)27)20(29-19)16-5-3-4-6-17(16)24(18(20)28)11-14-7-9-15(21)10-8-14/h3-10H,11H2,1-2H3,(H,22,23,26). The maximum absolute atomic E-state index is 13.7. The van der Waals surface area contributed by atoms with Gasteiger partial charge in [0.15, 0.2) is 5.17 Å². The summed E-state index contributed by atoms with van der Waals surface area (Å²) in [5.41, 5.74) is 2.25. The van der Waals surface area contributed by atoms with Gasteiger partial charge in [-0.3, -0.25) is 14.4 Å². The van der Waals surface area contributed by atoms with E-state index in [9.17, 15) is 14.4 Å². The van der Waals surface area contributed by atoms with Gasteiger partial charge in [-0.25, -0.2) is 0 Å². The van der Waals surface area contributed by atoms with Crippen LogP contribution in [0.2, 0.25) is 5.02 Å². The first-order valence-electron chi connectivity index (χ1n) is 8.85. The Labute approximate surface area is 176 Å². The lowest BCUT2D eigenvalue weighted by atomic mass is 10.1. The Morgan fingerprint density at radius 1 is 1.14 bits per heavy atom. The number of benzene rings is 2. The van der Waals surface area contributed by atoms with Gasteiger partial charge in [0, 0.05) is 24.4 Å². The Hall–Kier alpha value is -2.84. The van der Waals surface area contributed by atoms with E-state index in [0.717, 1.165) is 22.3 Å². The minimum absolute atomic E-state index is 0.212. The van der Waals surface area contributed by atoms with Crippen molar-refractivity contribution in [3.05, 3.63) is 64.7 Å². The van der Waals surface area contributed by atoms with Crippen molar-refractivity contribution in [3.63, 3.8) is 0 Å². The second-order valence-electron chi connectivity index (χ2n) is 6.70. The van der Waals surface area contributed by atoms with Crippen LogP contribution in [0.1, 0.15) is 25.0 Å². The number of carbonyl (C=O) groups excluding carboxylic acids is 3. The van der Waals surface area contributed by atoms with E-state index in [4.69, 9.17) is 11.6 Å². The van der Waals surface area contributed by atoms with E-state index >= 15 is 0 Å². The normalized spacial score (nSPS) is 20.1. The second-order valence-corrected chi connectivity index (χ2v) is 8.32. The molecule has 0 fully saturated rings. The molecular weight excluding hydrogens is 412 g/mol. The number of amides is 3. The van der Waals surface area contributed by atoms with Crippen molar-refractivity contribution in [3.8, 4) is 0 Å². The lowest BCUT2D eigenvalue weighted by Crippen LogP contribution is -2.48. The van der Waals surface area contributed by atoms with Crippen molar-refractivity contribution in [1.29, 1.82) is 0 Å². The number of hydrogen-bond donors (Lipinski definition) is 1. The summed E-state index contributed by atoms with van der Waals surface area (Å²) in [4.78, 5) is 37.9. The molecule has 9 heteroatoms. The molecule has 0 saturated heterocycles. The van der Waals surface area contributed by atoms with Crippen LogP contribution in [0.3, 0.4) is 0 Å². The smallest absolute Gasteiger partial charge is 0.271 e. The predicted molar refractivity (Wildman–Crippen MR) is 112 cm³/mol. The maximum Gasteiger partial charge on any atom is 0.271 e. The van der Waals surface area contributed by atoms with Crippen LogP contribution in [0.4, 0.5) is 5.69 Å². The first-order chi connectivity index (χ1) is 13.8. The fourth-order valence-corrected chi connectivity index (χ4v) is 4.95. The molecule has 148 valence electrons. The predicted octanol–water partition coefficient (Wildman–Crippen LogP) is 3.04. The van der Waals surface area contributed by atoms with Gasteiger partial charge in [-0.1, -0.05) is 41.9 Å². The first-order valence-corrected chi connectivity index (χ1v) is 10.0. The van der Waals surface area contributed by atoms with Crippen LogP contribution < -0.4 is 10.2 Å². The molecule has 2 aliphatic rings. The summed E-state index contributed by atoms with van der Waals surface area (Å²) in [6.07, 6.45) is 0. The number of fused-ring (bicyclic) bond motifs is 2. The zero-order valence-corrected chi connectivity index (χ0v) is 17.3. The molecule has 29 heavy (non-hydrogen) atoms. The molecule has 1 atom stereocenters. The van der Waals surface area contributed by atoms with Crippen molar-refractivity contribution in [2.45, 2.75) is 25.3 Å². The van der Waals surface area contributed by atoms with E-state index in [0.29, 0.717) is 22.8 Å². The number of thioether (sulfide) groups is 1. The molecule has 1 N–H and O–H groups in total. The van der Waals surface area contributed by atoms with Crippen LogP contribution in [0.15, 0.2) is 53.6 Å². The van der Waals surface area contributed by atoms with Crippen molar-refractivity contribution < 1.29 is 14.4 Å². The fraction of sp³-hybridized carbons (Fsp3) is 0.200. The topological polar surface area (TPSA) is 82.1 Å². The summed E-state index contributed by atoms with van der Waals surface area (Å²) in [6, 6.07) is 14.5. The van der Waals surface area contributed by atoms with Crippen LogP contribution in [-0.4, -0.2) is 27.9 Å². The Bertz CT molecular complexity index is 1060. The zero-order chi connectivity index (χ0) is 20.8. The second kappa shape index (κ2) is 7.20. The summed E-state index contributed by atoms with van der Waals surface area (Å²) >= 11 is 7.03. The number of nitrogens with one attached hydrogen (secondary N) is 1. The van der Waals surface area contributed by atoms with Crippen LogP contribution in [0.5, 0.6) is 0 Å². The molecule has 1 spiro atoms. The largest absolute Gasteiger partial charge is 0.304 e. The Morgan fingerprint density at radius 2 is 1.83 bits per heavy atom. The number of para-hydroxylation sites is 1. The fourth-order valence-electron chi connectivity index (χ4n) is 3.49. The van der Waals surface area contributed by atoms with Gasteiger partial charge in [0.2, 0.25) is 16.7 Å². The summed E-state index contributed by atoms with van der Waals surface area (Å²) in [6.45, 7) is 3.01. The SMILES string of the molecule is CC(=O)NC1=NN(C(C)=O)C2(S1)C(=O)N(Cc1ccc(Cl)cc1)c1ccccc12. The van der Waals surface area contributed by atoms with E-state index in [2.05, 4.69) is 10.4 Å². The third-order valence-corrected chi connectivity index (χ3v) is 6.16. The van der Waals surface area contributed by atoms with Crippen LogP contribution in [0, 0.1) is 0 Å². The molecular formula is C20H17ClN4O3S. The Kier molecular flexibility index (Phi) is 4.84. The van der Waals surface area contributed by atoms with Crippen molar-refractivity contribution >= 4 is 51.9 Å². The van der Waals surface area contributed by atoms with Gasteiger partial charge in [0.25, 0.3) is 5.91 Å². The van der Waals surface area contributed by atoms with Gasteiger partial charge in [0.05, 0.1) is 12.2 Å². The van der Waals surface area contributed by atoms with Gasteiger partial charge >= 0.3 is 0 Å². The molecule has 3 amide bonds. The lowest BCUT2D eigenvalue weighted by Gasteiger charge is -2.29. The number of hydrogen-bond acceptors (Lipinski definition) is 5. The molecule has 7 nitrogen and oxygen atoms in total. The Morgan fingerprint density at radius 3 is 2.48 bits per heavy atom. The highest BCUT2D eigenvalue weighted by atomic mass is 35.5. The highest BCUT2D eigenvalue weighted by molar-refractivity contribution is 8.15. The van der Waals surface area contributed by atoms with Crippen molar-refractivity contribution in [1.82, 2.24) is 10.3 Å². The third-order valence-electron chi connectivity index (χ3n) is 4.66. The highest BCUT2D eigenvalue weighted by Gasteiger charge is 2.61. The van der Waals surface area contributed by atoms with Gasteiger partial charge in [-0.2, -0.15) is 5.01 Å². The quantitative estimate of drug-likeness (QED) is 0.797. The van der Waals surface area contributed by atoms with Crippen molar-refractivity contribution in [2.24, 2.45) is 5.10 Å². The summed E-state index contributed by atoms with van der Waals surface area (Å²) in [7, 11) is 0. The first kappa shape index (κ1) is 19.5. The summed E-state index contributed by atoms with van der Waals surface area (Å²) < 4.78 is 0. The molecule has 0 bridgehead atoms. The van der Waals surface area contributed by atoms with E-state index in [-0.39, 0.29) is 17.0 Å². The lowest BCUT2D eigenvalue weighted by molar-refractivity contribution is -0.139. The number of rotatable bonds is 2. The van der Waals surface area contributed by atoms with E-state index in [1.54, 1.807) is 17.0 Å². The molecule has 2 heterocycles. The minimum atomic E-state index is -1.38. The van der Waals surface area contributed by atoms with Crippen molar-refractivity contribution in [2.75, 3.05) is 4.90 Å². The molecule has 0 aromatic heterocycles. The van der Waals surface area contributed by atoms with Gasteiger partial charge in [-0.05, 0) is 35.5 Å². The minimum Gasteiger partial charge on any atom is -0.304 e. The molecule has 0 saturated carbocycles. The molecule has 2 aliphatic heterocycles. The summed E-state index contributed by atoms with van der Waals surface area (Å²) in [5.74, 6) is -1.01. The molecule has 4 rings (SSSR count). The van der Waals surface area contributed by atoms with Gasteiger partial charge < -0.3 is 10.2 Å². The molecule has 0 radical (unpaired) electrons. The number of nitrogens with zero attached hydrogens (tertiary/aromatic N) is 3. The Balaban J connectivity index is 1.78. The summed E-state index contributed by atoms with van der Waals surface area (Å²) in [5, 5.41) is 8.81. The van der Waals surface area contributed by atoms with E-state index in [1.165, 1.54) is 13.8 Å². The monoisotopic (exact) mass is 428 g/mol. The highest BCUT2D eigenvalue weighted by Crippen LogP contribution is 2.54. The number of hydrazone groups is 1. The zero-order valence-electron chi connectivity index (χ0n) is 15.7. The van der Waals surface area contributed by atoms with Crippen LogP contribution in [-0.2, 0) is 25.8 Å². The average Bonchev–Trinajstić information content (AvgIpc) is 3.16. The number of halogens is 1. The van der Waals surface area contributed by atoms with Crippen LogP contribution >= 0.6 is 23.4 Å².